The van der Waals surface area contributed by atoms with E-state index >= 15 is 0 Å². The summed E-state index contributed by atoms with van der Waals surface area (Å²) in [5, 5.41) is 4.69. The Morgan fingerprint density at radius 3 is 2.80 bits per heavy atom. The molecule has 0 fully saturated rings. The molecule has 1 aromatic carbocycles. The molecule has 0 saturated carbocycles. The molecule has 20 heavy (non-hydrogen) atoms. The molecule has 110 valence electrons. The number of para-hydroxylation sites is 2. The molecule has 1 aromatic heterocycles. The lowest BCUT2D eigenvalue weighted by Gasteiger charge is -2.23. The number of hydrogen-bond acceptors (Lipinski definition) is 3. The normalized spacial score (nSPS) is 14.6. The second-order valence-electron chi connectivity index (χ2n) is 5.32. The predicted molar refractivity (Wildman–Crippen MR) is 88.4 cm³/mol. The third-order valence-electron chi connectivity index (χ3n) is 3.75. The highest BCUT2D eigenvalue weighted by molar-refractivity contribution is 7.99. The zero-order chi connectivity index (χ0) is 14.4. The number of benzene rings is 1. The van der Waals surface area contributed by atoms with Gasteiger partial charge in [0.25, 0.3) is 0 Å². The Balaban J connectivity index is 1.97. The molecule has 2 atom stereocenters. The summed E-state index contributed by atoms with van der Waals surface area (Å²) >= 11 is 1.82. The standard InChI is InChI=1S/C16H25N3S/c1-4-10-17-15(12(3)5-2)11-20-16-18-13-8-6-7-9-14(13)19-16/h6-9,12,15,17H,4-5,10-11H2,1-3H3,(H,18,19). The molecule has 2 aromatic rings. The van der Waals surface area contributed by atoms with Gasteiger partial charge in [-0.05, 0) is 31.0 Å². The molecule has 0 aliphatic heterocycles. The monoisotopic (exact) mass is 291 g/mol. The molecule has 0 aliphatic rings. The maximum atomic E-state index is 4.63. The average Bonchev–Trinajstić information content (AvgIpc) is 2.89. The maximum Gasteiger partial charge on any atom is 0.166 e. The number of aromatic nitrogens is 2. The second-order valence-corrected chi connectivity index (χ2v) is 6.32. The molecule has 0 radical (unpaired) electrons. The lowest BCUT2D eigenvalue weighted by Crippen LogP contribution is -2.37. The number of thioether (sulfide) groups is 1. The summed E-state index contributed by atoms with van der Waals surface area (Å²) in [5.41, 5.74) is 2.17. The lowest BCUT2D eigenvalue weighted by atomic mass is 10.0. The molecular weight excluding hydrogens is 266 g/mol. The highest BCUT2D eigenvalue weighted by Gasteiger charge is 2.16. The quantitative estimate of drug-likeness (QED) is 0.720. The van der Waals surface area contributed by atoms with Gasteiger partial charge in [0, 0.05) is 11.8 Å². The fourth-order valence-electron chi connectivity index (χ4n) is 2.21. The van der Waals surface area contributed by atoms with Crippen LogP contribution in [0.3, 0.4) is 0 Å². The van der Waals surface area contributed by atoms with Crippen molar-refractivity contribution in [3.8, 4) is 0 Å². The van der Waals surface area contributed by atoms with Gasteiger partial charge in [-0.25, -0.2) is 4.98 Å². The minimum absolute atomic E-state index is 0.554. The van der Waals surface area contributed by atoms with Gasteiger partial charge in [-0.2, -0.15) is 0 Å². The highest BCUT2D eigenvalue weighted by Crippen LogP contribution is 2.22. The smallest absolute Gasteiger partial charge is 0.166 e. The molecule has 0 amide bonds. The Hall–Kier alpha value is -1.00. The first-order valence-electron chi connectivity index (χ1n) is 7.55. The lowest BCUT2D eigenvalue weighted by molar-refractivity contribution is 0.397. The summed E-state index contributed by atoms with van der Waals surface area (Å²) in [4.78, 5) is 8.02. The molecular formula is C16H25N3S. The van der Waals surface area contributed by atoms with Crippen molar-refractivity contribution in [2.75, 3.05) is 12.3 Å². The van der Waals surface area contributed by atoms with E-state index in [2.05, 4.69) is 48.2 Å². The van der Waals surface area contributed by atoms with E-state index in [1.54, 1.807) is 0 Å². The number of rotatable bonds is 8. The minimum Gasteiger partial charge on any atom is -0.333 e. The zero-order valence-corrected chi connectivity index (χ0v) is 13.5. The van der Waals surface area contributed by atoms with Crippen LogP contribution in [0.15, 0.2) is 29.4 Å². The fourth-order valence-corrected chi connectivity index (χ4v) is 3.33. The van der Waals surface area contributed by atoms with E-state index in [4.69, 9.17) is 0 Å². The molecule has 4 heteroatoms. The highest BCUT2D eigenvalue weighted by atomic mass is 32.2. The molecule has 0 saturated heterocycles. The van der Waals surface area contributed by atoms with E-state index in [1.807, 2.05) is 23.9 Å². The molecule has 1 heterocycles. The number of H-pyrrole nitrogens is 1. The van der Waals surface area contributed by atoms with Gasteiger partial charge in [-0.1, -0.05) is 51.1 Å². The summed E-state index contributed by atoms with van der Waals surface area (Å²) in [6, 6.07) is 8.76. The van der Waals surface area contributed by atoms with Crippen LogP contribution < -0.4 is 5.32 Å². The van der Waals surface area contributed by atoms with E-state index in [-0.39, 0.29) is 0 Å². The van der Waals surface area contributed by atoms with Crippen LogP contribution in [0.5, 0.6) is 0 Å². The van der Waals surface area contributed by atoms with E-state index in [9.17, 15) is 0 Å². The number of imidazole rings is 1. The Kier molecular flexibility index (Phi) is 5.92. The predicted octanol–water partition coefficient (Wildman–Crippen LogP) is 4.07. The van der Waals surface area contributed by atoms with Crippen LogP contribution in [-0.4, -0.2) is 28.3 Å². The Morgan fingerprint density at radius 2 is 2.10 bits per heavy atom. The van der Waals surface area contributed by atoms with Crippen molar-refractivity contribution in [3.63, 3.8) is 0 Å². The summed E-state index contributed by atoms with van der Waals surface area (Å²) in [7, 11) is 0. The largest absolute Gasteiger partial charge is 0.333 e. The summed E-state index contributed by atoms with van der Waals surface area (Å²) < 4.78 is 0. The van der Waals surface area contributed by atoms with Crippen molar-refractivity contribution in [2.45, 2.75) is 44.8 Å². The number of nitrogens with zero attached hydrogens (tertiary/aromatic N) is 1. The summed E-state index contributed by atoms with van der Waals surface area (Å²) in [6.45, 7) is 7.90. The van der Waals surface area contributed by atoms with Gasteiger partial charge >= 0.3 is 0 Å². The molecule has 2 unspecified atom stereocenters. The topological polar surface area (TPSA) is 40.7 Å². The van der Waals surface area contributed by atoms with Gasteiger partial charge in [-0.15, -0.1) is 0 Å². The summed E-state index contributed by atoms with van der Waals surface area (Å²) in [5.74, 6) is 1.76. The number of hydrogen-bond donors (Lipinski definition) is 2. The second kappa shape index (κ2) is 7.70. The minimum atomic E-state index is 0.554. The number of nitrogens with one attached hydrogen (secondary N) is 2. The Morgan fingerprint density at radius 1 is 1.30 bits per heavy atom. The van der Waals surface area contributed by atoms with E-state index < -0.39 is 0 Å². The van der Waals surface area contributed by atoms with Crippen molar-refractivity contribution < 1.29 is 0 Å². The third kappa shape index (κ3) is 4.00. The van der Waals surface area contributed by atoms with Gasteiger partial charge in [0.15, 0.2) is 5.16 Å². The van der Waals surface area contributed by atoms with Gasteiger partial charge in [0.05, 0.1) is 11.0 Å². The Labute approximate surface area is 125 Å². The van der Waals surface area contributed by atoms with Crippen molar-refractivity contribution in [2.24, 2.45) is 5.92 Å². The molecule has 2 rings (SSSR count). The molecule has 2 N–H and O–H groups in total. The van der Waals surface area contributed by atoms with Crippen LogP contribution in [0.2, 0.25) is 0 Å². The molecule has 0 aliphatic carbocycles. The Bertz CT molecular complexity index is 490. The van der Waals surface area contributed by atoms with Gasteiger partial charge in [0.1, 0.15) is 0 Å². The van der Waals surface area contributed by atoms with Crippen molar-refractivity contribution in [1.29, 1.82) is 0 Å². The first-order chi connectivity index (χ1) is 9.74. The van der Waals surface area contributed by atoms with Crippen molar-refractivity contribution in [1.82, 2.24) is 15.3 Å². The van der Waals surface area contributed by atoms with Crippen LogP contribution in [0.25, 0.3) is 11.0 Å². The van der Waals surface area contributed by atoms with Crippen LogP contribution in [0.4, 0.5) is 0 Å². The van der Waals surface area contributed by atoms with Crippen molar-refractivity contribution >= 4 is 22.8 Å². The molecule has 3 nitrogen and oxygen atoms in total. The summed E-state index contributed by atoms with van der Waals surface area (Å²) in [6.07, 6.45) is 2.39. The first-order valence-corrected chi connectivity index (χ1v) is 8.54. The van der Waals surface area contributed by atoms with E-state index in [0.717, 1.165) is 28.5 Å². The van der Waals surface area contributed by atoms with E-state index in [1.165, 1.54) is 12.8 Å². The number of fused-ring (bicyclic) bond motifs is 1. The van der Waals surface area contributed by atoms with E-state index in [0.29, 0.717) is 12.0 Å². The number of aromatic amines is 1. The van der Waals surface area contributed by atoms with Gasteiger partial charge in [0.2, 0.25) is 0 Å². The first kappa shape index (κ1) is 15.4. The van der Waals surface area contributed by atoms with Crippen LogP contribution >= 0.6 is 11.8 Å². The van der Waals surface area contributed by atoms with Gasteiger partial charge < -0.3 is 10.3 Å². The maximum absolute atomic E-state index is 4.63. The van der Waals surface area contributed by atoms with Gasteiger partial charge in [-0.3, -0.25) is 0 Å². The molecule has 0 bridgehead atoms. The third-order valence-corrected chi connectivity index (χ3v) is 4.75. The SMILES string of the molecule is CCCNC(CSc1nc2ccccc2[nH]1)C(C)CC. The molecule has 0 spiro atoms. The van der Waals surface area contributed by atoms with Crippen LogP contribution in [0, 0.1) is 5.92 Å². The fraction of sp³-hybridized carbons (Fsp3) is 0.562. The zero-order valence-electron chi connectivity index (χ0n) is 12.6. The average molecular weight is 291 g/mol. The van der Waals surface area contributed by atoms with Crippen molar-refractivity contribution in [3.05, 3.63) is 24.3 Å². The van der Waals surface area contributed by atoms with Crippen LogP contribution in [-0.2, 0) is 0 Å². The van der Waals surface area contributed by atoms with Crippen LogP contribution in [0.1, 0.15) is 33.6 Å².